The molecule has 2 aromatic rings. The molecule has 5 nitrogen and oxygen atoms in total. The van der Waals surface area contributed by atoms with E-state index in [0.717, 1.165) is 62.5 Å². The van der Waals surface area contributed by atoms with Crippen molar-refractivity contribution in [2.75, 3.05) is 31.6 Å². The summed E-state index contributed by atoms with van der Waals surface area (Å²) in [6.07, 6.45) is 5.96. The Kier molecular flexibility index (Phi) is 6.43. The van der Waals surface area contributed by atoms with Crippen LogP contribution in [0.1, 0.15) is 38.2 Å². The van der Waals surface area contributed by atoms with E-state index < -0.39 is 0 Å². The third kappa shape index (κ3) is 4.85. The van der Waals surface area contributed by atoms with Gasteiger partial charge < -0.3 is 9.80 Å². The van der Waals surface area contributed by atoms with Gasteiger partial charge in [-0.1, -0.05) is 43.2 Å². The largest absolute Gasteiger partial charge is 0.356 e. The minimum atomic E-state index is 0.0541. The highest BCUT2D eigenvalue weighted by molar-refractivity contribution is 5.79. The average Bonchev–Trinajstić information content (AvgIpc) is 2.72. The number of aromatic nitrogens is 2. The Balaban J connectivity index is 1.71. The zero-order valence-corrected chi connectivity index (χ0v) is 16.7. The first-order chi connectivity index (χ1) is 13.1. The number of nitrogens with zero attached hydrogens (tertiary/aromatic N) is 4. The number of amides is 1. The minimum absolute atomic E-state index is 0.0541. The number of aryl methyl sites for hydroxylation is 1. The third-order valence-corrected chi connectivity index (χ3v) is 5.27. The molecule has 0 spiro atoms. The van der Waals surface area contributed by atoms with Gasteiger partial charge in [-0.3, -0.25) is 4.79 Å². The lowest BCUT2D eigenvalue weighted by Crippen LogP contribution is -2.44. The molecule has 0 aliphatic carbocycles. The van der Waals surface area contributed by atoms with Crippen molar-refractivity contribution in [2.24, 2.45) is 5.92 Å². The van der Waals surface area contributed by atoms with E-state index in [1.54, 1.807) is 0 Å². The van der Waals surface area contributed by atoms with E-state index in [1.807, 2.05) is 24.2 Å². The first kappa shape index (κ1) is 19.3. The smallest absolute Gasteiger partial charge is 0.227 e. The van der Waals surface area contributed by atoms with E-state index in [1.165, 1.54) is 5.56 Å². The van der Waals surface area contributed by atoms with Gasteiger partial charge in [-0.25, -0.2) is 9.97 Å². The minimum Gasteiger partial charge on any atom is -0.356 e. The van der Waals surface area contributed by atoms with E-state index >= 15 is 0 Å². The summed E-state index contributed by atoms with van der Waals surface area (Å²) in [5, 5.41) is 0. The molecule has 1 saturated heterocycles. The van der Waals surface area contributed by atoms with Crippen molar-refractivity contribution < 1.29 is 4.79 Å². The van der Waals surface area contributed by atoms with Crippen LogP contribution >= 0.6 is 0 Å². The molecule has 1 amide bonds. The molecular formula is C22H30N4O. The molecule has 1 atom stereocenters. The predicted octanol–water partition coefficient (Wildman–Crippen LogP) is 3.93. The molecule has 1 aliphatic heterocycles. The lowest BCUT2D eigenvalue weighted by Gasteiger charge is -2.34. The molecule has 1 fully saturated rings. The van der Waals surface area contributed by atoms with E-state index in [2.05, 4.69) is 48.0 Å². The average molecular weight is 367 g/mol. The van der Waals surface area contributed by atoms with Gasteiger partial charge in [-0.2, -0.15) is 0 Å². The molecule has 144 valence electrons. The van der Waals surface area contributed by atoms with Crippen molar-refractivity contribution in [1.82, 2.24) is 14.9 Å². The SMILES string of the molecule is CCCCN(C)C(=O)[C@@H]1CCCN(c2ccnc(-c3ccc(C)cc3)n2)C1. The van der Waals surface area contributed by atoms with Crippen LogP contribution in [-0.4, -0.2) is 47.5 Å². The molecule has 5 heteroatoms. The van der Waals surface area contributed by atoms with Crippen LogP contribution in [-0.2, 0) is 4.79 Å². The molecule has 2 heterocycles. The third-order valence-electron chi connectivity index (χ3n) is 5.27. The summed E-state index contributed by atoms with van der Waals surface area (Å²) >= 11 is 0. The van der Waals surface area contributed by atoms with Gasteiger partial charge in [-0.15, -0.1) is 0 Å². The summed E-state index contributed by atoms with van der Waals surface area (Å²) in [5.41, 5.74) is 2.24. The van der Waals surface area contributed by atoms with Crippen LogP contribution < -0.4 is 4.90 Å². The van der Waals surface area contributed by atoms with Gasteiger partial charge in [0.05, 0.1) is 5.92 Å². The molecule has 0 saturated carbocycles. The molecule has 0 unspecified atom stereocenters. The number of piperidine rings is 1. The fourth-order valence-electron chi connectivity index (χ4n) is 3.57. The fraction of sp³-hybridized carbons (Fsp3) is 0.500. The number of benzene rings is 1. The molecule has 1 aromatic carbocycles. The van der Waals surface area contributed by atoms with Crippen molar-refractivity contribution in [1.29, 1.82) is 0 Å². The van der Waals surface area contributed by atoms with Gasteiger partial charge >= 0.3 is 0 Å². The summed E-state index contributed by atoms with van der Waals surface area (Å²) in [4.78, 5) is 26.1. The van der Waals surface area contributed by atoms with Gasteiger partial charge in [0.15, 0.2) is 5.82 Å². The molecule has 1 aromatic heterocycles. The standard InChI is InChI=1S/C22H30N4O/c1-4-5-14-25(3)22(27)19-7-6-15-26(16-19)20-12-13-23-21(24-20)18-10-8-17(2)9-11-18/h8-13,19H,4-7,14-16H2,1-3H3/t19-/m1/s1. The maximum atomic E-state index is 12.8. The molecule has 0 N–H and O–H groups in total. The summed E-state index contributed by atoms with van der Waals surface area (Å²) in [6, 6.07) is 10.2. The van der Waals surface area contributed by atoms with Crippen molar-refractivity contribution in [2.45, 2.75) is 39.5 Å². The molecule has 3 rings (SSSR count). The van der Waals surface area contributed by atoms with Gasteiger partial charge in [0.2, 0.25) is 5.91 Å². The normalized spacial score (nSPS) is 17.0. The van der Waals surface area contributed by atoms with Crippen molar-refractivity contribution in [3.63, 3.8) is 0 Å². The van der Waals surface area contributed by atoms with Crippen LogP contribution in [0.25, 0.3) is 11.4 Å². The van der Waals surface area contributed by atoms with Gasteiger partial charge in [0.1, 0.15) is 5.82 Å². The number of unbranched alkanes of at least 4 members (excludes halogenated alkanes) is 1. The Morgan fingerprint density at radius 1 is 1.26 bits per heavy atom. The molecule has 0 bridgehead atoms. The summed E-state index contributed by atoms with van der Waals surface area (Å²) in [6.45, 7) is 6.74. The Morgan fingerprint density at radius 2 is 2.04 bits per heavy atom. The lowest BCUT2D eigenvalue weighted by atomic mass is 9.96. The quantitative estimate of drug-likeness (QED) is 0.777. The number of carbonyl (C=O) groups is 1. The predicted molar refractivity (Wildman–Crippen MR) is 110 cm³/mol. The first-order valence-electron chi connectivity index (χ1n) is 9.98. The highest BCUT2D eigenvalue weighted by Crippen LogP contribution is 2.25. The second kappa shape index (κ2) is 8.98. The molecular weight excluding hydrogens is 336 g/mol. The second-order valence-electron chi connectivity index (χ2n) is 7.50. The number of hydrogen-bond acceptors (Lipinski definition) is 4. The Labute approximate surface area is 162 Å². The maximum absolute atomic E-state index is 12.8. The fourth-order valence-corrected chi connectivity index (χ4v) is 3.57. The maximum Gasteiger partial charge on any atom is 0.227 e. The van der Waals surface area contributed by atoms with Crippen molar-refractivity contribution in [3.8, 4) is 11.4 Å². The second-order valence-corrected chi connectivity index (χ2v) is 7.50. The Bertz CT molecular complexity index is 759. The number of anilines is 1. The summed E-state index contributed by atoms with van der Waals surface area (Å²) in [7, 11) is 1.93. The van der Waals surface area contributed by atoms with Gasteiger partial charge in [0, 0.05) is 38.4 Å². The number of carbonyl (C=O) groups excluding carboxylic acids is 1. The van der Waals surface area contributed by atoms with Gasteiger partial charge in [0.25, 0.3) is 0 Å². The molecule has 27 heavy (non-hydrogen) atoms. The topological polar surface area (TPSA) is 49.3 Å². The van der Waals surface area contributed by atoms with Crippen LogP contribution in [0.5, 0.6) is 0 Å². The van der Waals surface area contributed by atoms with Crippen LogP contribution in [0.15, 0.2) is 36.5 Å². The zero-order chi connectivity index (χ0) is 19.2. The Hall–Kier alpha value is -2.43. The number of rotatable bonds is 6. The van der Waals surface area contributed by atoms with E-state index in [-0.39, 0.29) is 11.8 Å². The van der Waals surface area contributed by atoms with Crippen molar-refractivity contribution >= 4 is 11.7 Å². The highest BCUT2D eigenvalue weighted by Gasteiger charge is 2.28. The monoisotopic (exact) mass is 366 g/mol. The Morgan fingerprint density at radius 3 is 2.78 bits per heavy atom. The van der Waals surface area contributed by atoms with E-state index in [4.69, 9.17) is 4.98 Å². The molecule has 0 radical (unpaired) electrons. The van der Waals surface area contributed by atoms with Crippen LogP contribution in [0, 0.1) is 12.8 Å². The lowest BCUT2D eigenvalue weighted by molar-refractivity contribution is -0.134. The van der Waals surface area contributed by atoms with E-state index in [0.29, 0.717) is 0 Å². The summed E-state index contributed by atoms with van der Waals surface area (Å²) in [5.74, 6) is 1.97. The highest BCUT2D eigenvalue weighted by atomic mass is 16.2. The number of hydrogen-bond donors (Lipinski definition) is 0. The van der Waals surface area contributed by atoms with Crippen LogP contribution in [0.4, 0.5) is 5.82 Å². The van der Waals surface area contributed by atoms with Crippen LogP contribution in [0.2, 0.25) is 0 Å². The van der Waals surface area contributed by atoms with Crippen LogP contribution in [0.3, 0.4) is 0 Å². The zero-order valence-electron chi connectivity index (χ0n) is 16.7. The summed E-state index contributed by atoms with van der Waals surface area (Å²) < 4.78 is 0. The van der Waals surface area contributed by atoms with E-state index in [9.17, 15) is 4.79 Å². The first-order valence-corrected chi connectivity index (χ1v) is 9.98. The van der Waals surface area contributed by atoms with Crippen molar-refractivity contribution in [3.05, 3.63) is 42.1 Å². The van der Waals surface area contributed by atoms with Gasteiger partial charge in [-0.05, 0) is 32.3 Å². The molecule has 1 aliphatic rings.